The number of rotatable bonds is 4. The van der Waals surface area contributed by atoms with Gasteiger partial charge in [-0.25, -0.2) is 0 Å². The van der Waals surface area contributed by atoms with Crippen molar-refractivity contribution in [1.82, 2.24) is 0 Å². The normalized spacial score (nSPS) is 11.6. The number of nitrogens with zero attached hydrogens (tertiary/aromatic N) is 1. The van der Waals surface area contributed by atoms with Crippen molar-refractivity contribution in [2.45, 2.75) is 0 Å². The van der Waals surface area contributed by atoms with E-state index >= 15 is 0 Å². The Morgan fingerprint density at radius 1 is 0.364 bits per heavy atom. The van der Waals surface area contributed by atoms with Crippen LogP contribution in [0, 0.1) is 0 Å². The van der Waals surface area contributed by atoms with Gasteiger partial charge in [-0.3, -0.25) is 0 Å². The number of hydrogen-bond acceptors (Lipinski definition) is 2. The Hall–Kier alpha value is -5.86. The third-order valence-corrected chi connectivity index (χ3v) is 8.81. The van der Waals surface area contributed by atoms with Crippen LogP contribution in [0.3, 0.4) is 0 Å². The van der Waals surface area contributed by atoms with E-state index in [1.807, 2.05) is 12.1 Å². The second-order valence-electron chi connectivity index (χ2n) is 11.4. The average molecular weight is 562 g/mol. The minimum atomic E-state index is 0.879. The van der Waals surface area contributed by atoms with Gasteiger partial charge in [-0.2, -0.15) is 0 Å². The fourth-order valence-electron chi connectivity index (χ4n) is 6.79. The second kappa shape index (κ2) is 9.86. The van der Waals surface area contributed by atoms with E-state index in [0.29, 0.717) is 0 Å². The highest BCUT2D eigenvalue weighted by Gasteiger charge is 2.19. The Morgan fingerprint density at radius 3 is 1.89 bits per heavy atom. The molecule has 0 amide bonds. The molecule has 0 saturated heterocycles. The molecule has 9 rings (SSSR count). The topological polar surface area (TPSA) is 16.4 Å². The molecule has 206 valence electrons. The molecule has 0 N–H and O–H groups in total. The molecule has 0 aliphatic rings. The van der Waals surface area contributed by atoms with Gasteiger partial charge >= 0.3 is 0 Å². The molecular weight excluding hydrogens is 534 g/mol. The van der Waals surface area contributed by atoms with Gasteiger partial charge in [0.05, 0.1) is 5.69 Å². The Bertz CT molecular complexity index is 2520. The molecule has 0 radical (unpaired) electrons. The predicted octanol–water partition coefficient (Wildman–Crippen LogP) is 12.2. The zero-order valence-corrected chi connectivity index (χ0v) is 23.9. The zero-order valence-electron chi connectivity index (χ0n) is 23.9. The van der Waals surface area contributed by atoms with E-state index in [1.54, 1.807) is 0 Å². The molecule has 44 heavy (non-hydrogen) atoms. The average Bonchev–Trinajstić information content (AvgIpc) is 3.46. The van der Waals surface area contributed by atoms with Gasteiger partial charge in [-0.1, -0.05) is 121 Å². The third kappa shape index (κ3) is 3.89. The minimum Gasteiger partial charge on any atom is -0.456 e. The molecule has 0 spiro atoms. The highest BCUT2D eigenvalue weighted by atomic mass is 16.3. The summed E-state index contributed by atoms with van der Waals surface area (Å²) in [5.41, 5.74) is 7.45. The zero-order chi connectivity index (χ0) is 29.0. The Kier molecular flexibility index (Phi) is 5.54. The maximum absolute atomic E-state index is 6.39. The molecule has 0 atom stereocenters. The largest absolute Gasteiger partial charge is 0.456 e. The molecule has 9 aromatic rings. The highest BCUT2D eigenvalue weighted by Crippen LogP contribution is 2.44. The SMILES string of the molecule is c1cc(-c2cccc3ccccc23)cc(N(c2ccc3c(c2)oc2ccccc23)c2cc3ccccc3c3ccccc23)c1. The van der Waals surface area contributed by atoms with E-state index in [0.717, 1.165) is 39.0 Å². The number of benzene rings is 8. The molecule has 1 heterocycles. The maximum atomic E-state index is 6.39. The van der Waals surface area contributed by atoms with Gasteiger partial charge in [0.1, 0.15) is 11.2 Å². The lowest BCUT2D eigenvalue weighted by Gasteiger charge is -2.28. The van der Waals surface area contributed by atoms with Crippen LogP contribution in [0.2, 0.25) is 0 Å². The highest BCUT2D eigenvalue weighted by molar-refractivity contribution is 6.15. The van der Waals surface area contributed by atoms with Crippen LogP contribution >= 0.6 is 0 Å². The fourth-order valence-corrected chi connectivity index (χ4v) is 6.79. The van der Waals surface area contributed by atoms with Gasteiger partial charge < -0.3 is 9.32 Å². The van der Waals surface area contributed by atoms with Gasteiger partial charge in [0.25, 0.3) is 0 Å². The summed E-state index contributed by atoms with van der Waals surface area (Å²) in [4.78, 5) is 2.38. The molecule has 0 unspecified atom stereocenters. The van der Waals surface area contributed by atoms with E-state index in [9.17, 15) is 0 Å². The Labute approximate surface area is 255 Å². The fraction of sp³-hybridized carbons (Fsp3) is 0. The molecule has 0 saturated carbocycles. The summed E-state index contributed by atoms with van der Waals surface area (Å²) in [5.74, 6) is 0. The van der Waals surface area contributed by atoms with Crippen molar-refractivity contribution in [3.05, 3.63) is 164 Å². The number of furan rings is 1. The monoisotopic (exact) mass is 561 g/mol. The molecular formula is C42H27NO. The molecule has 2 heteroatoms. The standard InChI is InChI=1S/C42H27NO/c1-3-16-33-28(11-1)13-10-21-34(33)29-14-9-15-31(25-29)43(32-23-24-39-38-20-7-8-22-41(38)44-42(39)27-32)40-26-30-12-2-4-17-35(30)36-18-5-6-19-37(36)40/h1-27H. The van der Waals surface area contributed by atoms with Crippen molar-refractivity contribution in [2.24, 2.45) is 0 Å². The van der Waals surface area contributed by atoms with Gasteiger partial charge in [-0.15, -0.1) is 0 Å². The third-order valence-electron chi connectivity index (χ3n) is 8.81. The first-order valence-corrected chi connectivity index (χ1v) is 15.0. The summed E-state index contributed by atoms with van der Waals surface area (Å²) in [5, 5.41) is 9.64. The molecule has 0 aliphatic carbocycles. The van der Waals surface area contributed by atoms with Crippen molar-refractivity contribution >= 4 is 71.3 Å². The van der Waals surface area contributed by atoms with E-state index in [2.05, 4.69) is 157 Å². The van der Waals surface area contributed by atoms with E-state index in [-0.39, 0.29) is 0 Å². The number of fused-ring (bicyclic) bond motifs is 7. The lowest BCUT2D eigenvalue weighted by Crippen LogP contribution is -2.10. The summed E-state index contributed by atoms with van der Waals surface area (Å²) in [7, 11) is 0. The van der Waals surface area contributed by atoms with Crippen LogP contribution in [0.5, 0.6) is 0 Å². The quantitative estimate of drug-likeness (QED) is 0.199. The summed E-state index contributed by atoms with van der Waals surface area (Å²) in [6.45, 7) is 0. The summed E-state index contributed by atoms with van der Waals surface area (Å²) >= 11 is 0. The van der Waals surface area contributed by atoms with Crippen LogP contribution in [0.25, 0.3) is 65.4 Å². The molecule has 8 aromatic carbocycles. The van der Waals surface area contributed by atoms with Crippen LogP contribution in [-0.2, 0) is 0 Å². The van der Waals surface area contributed by atoms with Crippen LogP contribution in [0.1, 0.15) is 0 Å². The molecule has 0 bridgehead atoms. The van der Waals surface area contributed by atoms with Crippen LogP contribution < -0.4 is 4.90 Å². The summed E-state index contributed by atoms with van der Waals surface area (Å²) in [6, 6.07) is 58.6. The number of hydrogen-bond donors (Lipinski definition) is 0. The van der Waals surface area contributed by atoms with Crippen molar-refractivity contribution in [3.63, 3.8) is 0 Å². The minimum absolute atomic E-state index is 0.879. The first-order valence-electron chi connectivity index (χ1n) is 15.0. The van der Waals surface area contributed by atoms with Gasteiger partial charge in [0.2, 0.25) is 0 Å². The van der Waals surface area contributed by atoms with Crippen LogP contribution in [-0.4, -0.2) is 0 Å². The number of anilines is 3. The van der Waals surface area contributed by atoms with Crippen molar-refractivity contribution in [1.29, 1.82) is 0 Å². The lowest BCUT2D eigenvalue weighted by molar-refractivity contribution is 0.669. The predicted molar refractivity (Wildman–Crippen MR) is 186 cm³/mol. The second-order valence-corrected chi connectivity index (χ2v) is 11.4. The summed E-state index contributed by atoms with van der Waals surface area (Å²) in [6.07, 6.45) is 0. The maximum Gasteiger partial charge on any atom is 0.137 e. The first kappa shape index (κ1) is 24.7. The van der Waals surface area contributed by atoms with Gasteiger partial charge in [-0.05, 0) is 74.5 Å². The Morgan fingerprint density at radius 2 is 1.00 bits per heavy atom. The van der Waals surface area contributed by atoms with E-state index in [4.69, 9.17) is 4.42 Å². The van der Waals surface area contributed by atoms with E-state index < -0.39 is 0 Å². The van der Waals surface area contributed by atoms with Crippen molar-refractivity contribution < 1.29 is 4.42 Å². The lowest BCUT2D eigenvalue weighted by atomic mass is 9.96. The van der Waals surface area contributed by atoms with Gasteiger partial charge in [0.15, 0.2) is 0 Å². The smallest absolute Gasteiger partial charge is 0.137 e. The van der Waals surface area contributed by atoms with Gasteiger partial charge in [0, 0.05) is 33.6 Å². The van der Waals surface area contributed by atoms with Crippen LogP contribution in [0.15, 0.2) is 168 Å². The molecule has 0 aliphatic heterocycles. The molecule has 0 fully saturated rings. The van der Waals surface area contributed by atoms with E-state index in [1.165, 1.54) is 43.4 Å². The van der Waals surface area contributed by atoms with Crippen LogP contribution in [0.4, 0.5) is 17.1 Å². The first-order chi connectivity index (χ1) is 21.8. The number of para-hydroxylation sites is 1. The van der Waals surface area contributed by atoms with Crippen molar-refractivity contribution in [2.75, 3.05) is 4.90 Å². The molecule has 1 aromatic heterocycles. The van der Waals surface area contributed by atoms with Crippen molar-refractivity contribution in [3.8, 4) is 11.1 Å². The Balaban J connectivity index is 1.33. The summed E-state index contributed by atoms with van der Waals surface area (Å²) < 4.78 is 6.39. The molecule has 2 nitrogen and oxygen atoms in total.